The zero-order chi connectivity index (χ0) is 13.2. The second-order valence-corrected chi connectivity index (χ2v) is 3.98. The molecule has 0 saturated heterocycles. The highest BCUT2D eigenvalue weighted by molar-refractivity contribution is 6.33. The lowest BCUT2D eigenvalue weighted by molar-refractivity contribution is -0.131. The minimum atomic E-state index is -4.58. The molecule has 0 amide bonds. The Balaban J connectivity index is 3.26. The third kappa shape index (κ3) is 3.10. The lowest BCUT2D eigenvalue weighted by Crippen LogP contribution is -2.16. The van der Waals surface area contributed by atoms with Crippen LogP contribution in [0.25, 0.3) is 0 Å². The lowest BCUT2D eigenvalue weighted by atomic mass is 10.1. The number of ether oxygens (including phenoxy) is 2. The molecule has 1 aromatic carbocycles. The molecule has 7 heteroatoms. The summed E-state index contributed by atoms with van der Waals surface area (Å²) >= 11 is 11.0. The Kier molecular flexibility index (Phi) is 4.38. The molecule has 0 heterocycles. The van der Waals surface area contributed by atoms with E-state index >= 15 is 0 Å². The van der Waals surface area contributed by atoms with Crippen LogP contribution >= 0.6 is 23.2 Å². The minimum absolute atomic E-state index is 0.125. The number of alkyl halides is 4. The summed E-state index contributed by atoms with van der Waals surface area (Å²) in [5.74, 6) is 0.383. The normalized spacial score (nSPS) is 13.4. The number of rotatable bonds is 3. The van der Waals surface area contributed by atoms with Crippen molar-refractivity contribution in [1.82, 2.24) is 0 Å². The molecule has 0 bridgehead atoms. The van der Waals surface area contributed by atoms with E-state index in [-0.39, 0.29) is 22.1 Å². The van der Waals surface area contributed by atoms with Crippen LogP contribution in [0.3, 0.4) is 0 Å². The third-order valence-corrected chi connectivity index (χ3v) is 2.87. The first-order valence-electron chi connectivity index (χ1n) is 4.43. The molecule has 0 radical (unpaired) electrons. The van der Waals surface area contributed by atoms with Gasteiger partial charge in [-0.25, -0.2) is 0 Å². The van der Waals surface area contributed by atoms with Crippen LogP contribution in [-0.2, 0) is 0 Å². The fourth-order valence-electron chi connectivity index (χ4n) is 1.24. The highest BCUT2D eigenvalue weighted by Gasteiger charge is 2.40. The molecule has 0 N–H and O–H groups in total. The maximum absolute atomic E-state index is 12.5. The molecule has 0 saturated carbocycles. The van der Waals surface area contributed by atoms with Crippen LogP contribution in [0.5, 0.6) is 11.5 Å². The van der Waals surface area contributed by atoms with Crippen molar-refractivity contribution < 1.29 is 22.6 Å². The highest BCUT2D eigenvalue weighted by Crippen LogP contribution is 2.44. The second-order valence-electron chi connectivity index (χ2n) is 3.13. The Labute approximate surface area is 106 Å². The van der Waals surface area contributed by atoms with Crippen molar-refractivity contribution >= 4 is 23.2 Å². The van der Waals surface area contributed by atoms with Gasteiger partial charge < -0.3 is 9.47 Å². The largest absolute Gasteiger partial charge is 0.493 e. The summed E-state index contributed by atoms with van der Waals surface area (Å²) in [4.78, 5) is 0. The summed E-state index contributed by atoms with van der Waals surface area (Å²) in [6, 6.07) is 2.35. The fourth-order valence-corrected chi connectivity index (χ4v) is 1.74. The smallest absolute Gasteiger partial charge is 0.408 e. The Morgan fingerprint density at radius 2 is 1.59 bits per heavy atom. The van der Waals surface area contributed by atoms with Gasteiger partial charge in [0.25, 0.3) is 0 Å². The summed E-state index contributed by atoms with van der Waals surface area (Å²) in [6.45, 7) is 0. The molecule has 96 valence electrons. The van der Waals surface area contributed by atoms with E-state index in [9.17, 15) is 13.2 Å². The zero-order valence-electron chi connectivity index (χ0n) is 8.94. The van der Waals surface area contributed by atoms with Crippen LogP contribution in [0.15, 0.2) is 12.1 Å². The monoisotopic (exact) mass is 288 g/mol. The van der Waals surface area contributed by atoms with Gasteiger partial charge in [-0.1, -0.05) is 11.6 Å². The van der Waals surface area contributed by atoms with Crippen molar-refractivity contribution in [2.24, 2.45) is 0 Å². The van der Waals surface area contributed by atoms with E-state index in [1.165, 1.54) is 20.3 Å². The molecule has 0 aliphatic rings. The van der Waals surface area contributed by atoms with Gasteiger partial charge in [-0.3, -0.25) is 0 Å². The van der Waals surface area contributed by atoms with Crippen LogP contribution in [0.4, 0.5) is 13.2 Å². The Bertz CT molecular complexity index is 407. The topological polar surface area (TPSA) is 18.5 Å². The summed E-state index contributed by atoms with van der Waals surface area (Å²) < 4.78 is 47.2. The SMILES string of the molecule is COc1cc(Cl)c(C(Cl)C(F)(F)F)cc1OC. The van der Waals surface area contributed by atoms with Gasteiger partial charge in [-0.05, 0) is 6.07 Å². The van der Waals surface area contributed by atoms with Crippen molar-refractivity contribution in [3.63, 3.8) is 0 Å². The third-order valence-electron chi connectivity index (χ3n) is 2.06. The van der Waals surface area contributed by atoms with Crippen LogP contribution < -0.4 is 9.47 Å². The molecule has 2 nitrogen and oxygen atoms in total. The van der Waals surface area contributed by atoms with E-state index in [0.717, 1.165) is 6.07 Å². The van der Waals surface area contributed by atoms with Crippen molar-refractivity contribution in [2.45, 2.75) is 11.6 Å². The lowest BCUT2D eigenvalue weighted by Gasteiger charge is -2.17. The first-order valence-corrected chi connectivity index (χ1v) is 5.25. The zero-order valence-corrected chi connectivity index (χ0v) is 10.5. The summed E-state index contributed by atoms with van der Waals surface area (Å²) in [6.07, 6.45) is -4.58. The molecule has 0 aromatic heterocycles. The molecular weight excluding hydrogens is 280 g/mol. The maximum atomic E-state index is 12.5. The molecule has 0 aliphatic heterocycles. The quantitative estimate of drug-likeness (QED) is 0.776. The predicted octanol–water partition coefficient (Wildman–Crippen LogP) is 4.20. The summed E-state index contributed by atoms with van der Waals surface area (Å²) in [5, 5.41) is -2.31. The molecular formula is C10H9Cl2F3O2. The average Bonchev–Trinajstić information content (AvgIpc) is 2.26. The van der Waals surface area contributed by atoms with E-state index in [4.69, 9.17) is 32.7 Å². The second kappa shape index (κ2) is 5.23. The Hall–Kier alpha value is -0.810. The van der Waals surface area contributed by atoms with Gasteiger partial charge in [0.05, 0.1) is 14.2 Å². The van der Waals surface area contributed by atoms with Crippen LogP contribution in [0, 0.1) is 0 Å². The Morgan fingerprint density at radius 1 is 1.12 bits per heavy atom. The molecule has 1 atom stereocenters. The van der Waals surface area contributed by atoms with Gasteiger partial charge in [0.2, 0.25) is 0 Å². The van der Waals surface area contributed by atoms with Gasteiger partial charge >= 0.3 is 6.18 Å². The molecule has 0 spiro atoms. The minimum Gasteiger partial charge on any atom is -0.493 e. The molecule has 17 heavy (non-hydrogen) atoms. The van der Waals surface area contributed by atoms with Crippen molar-refractivity contribution in [3.8, 4) is 11.5 Å². The van der Waals surface area contributed by atoms with E-state index < -0.39 is 11.6 Å². The van der Waals surface area contributed by atoms with Crippen LogP contribution in [0.2, 0.25) is 5.02 Å². The fraction of sp³-hybridized carbons (Fsp3) is 0.400. The molecule has 1 unspecified atom stereocenters. The van der Waals surface area contributed by atoms with Crippen LogP contribution in [0.1, 0.15) is 10.9 Å². The molecule has 1 aromatic rings. The molecule has 0 fully saturated rings. The van der Waals surface area contributed by atoms with E-state index in [1.54, 1.807) is 0 Å². The van der Waals surface area contributed by atoms with Crippen molar-refractivity contribution in [1.29, 1.82) is 0 Å². The molecule has 1 rings (SSSR count). The van der Waals surface area contributed by atoms with E-state index in [0.29, 0.717) is 0 Å². The standard InChI is InChI=1S/C10H9Cl2F3O2/c1-16-7-3-5(9(12)10(13,14)15)6(11)4-8(7)17-2/h3-4,9H,1-2H3. The first kappa shape index (κ1) is 14.3. The number of benzene rings is 1. The van der Waals surface area contributed by atoms with Crippen LogP contribution in [-0.4, -0.2) is 20.4 Å². The highest BCUT2D eigenvalue weighted by atomic mass is 35.5. The first-order chi connectivity index (χ1) is 7.81. The van der Waals surface area contributed by atoms with Gasteiger partial charge in [-0.2, -0.15) is 13.2 Å². The van der Waals surface area contributed by atoms with Crippen molar-refractivity contribution in [3.05, 3.63) is 22.7 Å². The van der Waals surface area contributed by atoms with Crippen molar-refractivity contribution in [2.75, 3.05) is 14.2 Å². The van der Waals surface area contributed by atoms with E-state index in [1.807, 2.05) is 0 Å². The summed E-state index contributed by atoms with van der Waals surface area (Å²) in [7, 11) is 2.67. The van der Waals surface area contributed by atoms with Gasteiger partial charge in [0.1, 0.15) is 0 Å². The number of methoxy groups -OCH3 is 2. The predicted molar refractivity (Wildman–Crippen MR) is 59.2 cm³/mol. The number of hydrogen-bond acceptors (Lipinski definition) is 2. The summed E-state index contributed by atoms with van der Waals surface area (Å²) in [5.41, 5.74) is -0.265. The van der Waals surface area contributed by atoms with E-state index in [2.05, 4.69) is 0 Å². The Morgan fingerprint density at radius 3 is 2.00 bits per heavy atom. The van der Waals surface area contributed by atoms with Gasteiger partial charge in [0.15, 0.2) is 16.9 Å². The number of hydrogen-bond donors (Lipinski definition) is 0. The maximum Gasteiger partial charge on any atom is 0.408 e. The van der Waals surface area contributed by atoms with Gasteiger partial charge in [0, 0.05) is 16.7 Å². The average molecular weight is 289 g/mol. The van der Waals surface area contributed by atoms with Gasteiger partial charge in [-0.15, -0.1) is 11.6 Å². The molecule has 0 aliphatic carbocycles. The number of halogens is 5.